The van der Waals surface area contributed by atoms with Crippen LogP contribution in [0.15, 0.2) is 12.8 Å². The first-order chi connectivity index (χ1) is 4.35. The Morgan fingerprint density at radius 1 is 1.78 bits per heavy atom. The molecule has 0 bridgehead atoms. The Balaban J connectivity index is 3.28. The Morgan fingerprint density at radius 2 is 2.44 bits per heavy atom. The summed E-state index contributed by atoms with van der Waals surface area (Å²) in [6.45, 7) is 5.71. The van der Waals surface area contributed by atoms with Crippen LogP contribution in [-0.4, -0.2) is 11.9 Å². The minimum absolute atomic E-state index is 0.514. The van der Waals surface area contributed by atoms with E-state index in [2.05, 4.69) is 18.8 Å². The van der Waals surface area contributed by atoms with Crippen molar-refractivity contribution in [3.8, 4) is 0 Å². The first kappa shape index (κ1) is 8.83. The number of hydrogen-bond donors (Lipinski definition) is 1. The van der Waals surface area contributed by atoms with Crippen molar-refractivity contribution in [2.75, 3.05) is 5.88 Å². The number of alkyl halides is 1. The molecule has 0 amide bonds. The maximum absolute atomic E-state index is 5.54. The van der Waals surface area contributed by atoms with E-state index < -0.39 is 0 Å². The fourth-order valence-corrected chi connectivity index (χ4v) is 0.967. The average molecular weight is 148 g/mol. The molecular weight excluding hydrogens is 134 g/mol. The zero-order chi connectivity index (χ0) is 7.11. The van der Waals surface area contributed by atoms with Gasteiger partial charge in [0.1, 0.15) is 0 Å². The molecule has 0 heterocycles. The summed E-state index contributed by atoms with van der Waals surface area (Å²) in [7, 11) is 0. The van der Waals surface area contributed by atoms with Crippen molar-refractivity contribution in [1.82, 2.24) is 5.32 Å². The molecule has 0 radical (unpaired) electrons. The van der Waals surface area contributed by atoms with Gasteiger partial charge in [-0.1, -0.05) is 13.5 Å². The van der Waals surface area contributed by atoms with Crippen LogP contribution in [0.5, 0.6) is 0 Å². The molecule has 1 unspecified atom stereocenters. The van der Waals surface area contributed by atoms with E-state index in [1.165, 1.54) is 0 Å². The Bertz CT molecular complexity index is 73.3. The van der Waals surface area contributed by atoms with Gasteiger partial charge in [0.15, 0.2) is 0 Å². The molecular formula is C7H14ClN. The summed E-state index contributed by atoms with van der Waals surface area (Å²) < 4.78 is 0. The fourth-order valence-electron chi connectivity index (χ4n) is 0.704. The van der Waals surface area contributed by atoms with E-state index in [0.29, 0.717) is 6.04 Å². The lowest BCUT2D eigenvalue weighted by molar-refractivity contribution is 0.554. The van der Waals surface area contributed by atoms with Crippen molar-refractivity contribution in [2.24, 2.45) is 0 Å². The Hall–Kier alpha value is -0.170. The van der Waals surface area contributed by atoms with Crippen LogP contribution in [0.3, 0.4) is 0 Å². The summed E-state index contributed by atoms with van der Waals surface area (Å²) in [6.07, 6.45) is 3.85. The van der Waals surface area contributed by atoms with Crippen molar-refractivity contribution in [2.45, 2.75) is 25.8 Å². The zero-order valence-corrected chi connectivity index (χ0v) is 6.62. The highest BCUT2D eigenvalue weighted by Crippen LogP contribution is 1.98. The second kappa shape index (κ2) is 5.96. The SMILES string of the molecule is C=CNC(CC)CCCl. The van der Waals surface area contributed by atoms with Crippen molar-refractivity contribution >= 4 is 11.6 Å². The molecule has 0 aromatic rings. The molecule has 0 aliphatic rings. The van der Waals surface area contributed by atoms with E-state index in [4.69, 9.17) is 11.6 Å². The van der Waals surface area contributed by atoms with Gasteiger partial charge in [0.25, 0.3) is 0 Å². The van der Waals surface area contributed by atoms with E-state index in [9.17, 15) is 0 Å². The van der Waals surface area contributed by atoms with Crippen molar-refractivity contribution in [1.29, 1.82) is 0 Å². The van der Waals surface area contributed by atoms with Crippen molar-refractivity contribution in [3.63, 3.8) is 0 Å². The summed E-state index contributed by atoms with van der Waals surface area (Å²) in [5, 5.41) is 3.11. The van der Waals surface area contributed by atoms with Gasteiger partial charge in [0, 0.05) is 11.9 Å². The molecule has 1 nitrogen and oxygen atoms in total. The number of halogens is 1. The molecule has 0 aromatic heterocycles. The minimum atomic E-state index is 0.514. The van der Waals surface area contributed by atoms with Crippen LogP contribution in [0, 0.1) is 0 Å². The fraction of sp³-hybridized carbons (Fsp3) is 0.714. The van der Waals surface area contributed by atoms with Crippen molar-refractivity contribution < 1.29 is 0 Å². The van der Waals surface area contributed by atoms with Gasteiger partial charge in [0.2, 0.25) is 0 Å². The standard InChI is InChI=1S/C7H14ClN/c1-3-7(5-6-8)9-4-2/h4,7,9H,2-3,5-6H2,1H3. The summed E-state index contributed by atoms with van der Waals surface area (Å²) >= 11 is 5.54. The summed E-state index contributed by atoms with van der Waals surface area (Å²) in [5.41, 5.74) is 0. The highest BCUT2D eigenvalue weighted by molar-refractivity contribution is 6.17. The lowest BCUT2D eigenvalue weighted by Gasteiger charge is -2.11. The second-order valence-corrected chi connectivity index (χ2v) is 2.33. The van der Waals surface area contributed by atoms with E-state index in [0.717, 1.165) is 18.7 Å². The van der Waals surface area contributed by atoms with E-state index >= 15 is 0 Å². The molecule has 0 spiro atoms. The molecule has 0 aromatic carbocycles. The molecule has 54 valence electrons. The zero-order valence-electron chi connectivity index (χ0n) is 5.86. The third-order valence-corrected chi connectivity index (χ3v) is 1.52. The molecule has 0 fully saturated rings. The highest BCUT2D eigenvalue weighted by atomic mass is 35.5. The van der Waals surface area contributed by atoms with E-state index in [-0.39, 0.29) is 0 Å². The summed E-state index contributed by atoms with van der Waals surface area (Å²) in [4.78, 5) is 0. The Morgan fingerprint density at radius 3 is 2.78 bits per heavy atom. The van der Waals surface area contributed by atoms with Gasteiger partial charge in [-0.05, 0) is 19.0 Å². The predicted molar refractivity (Wildman–Crippen MR) is 42.7 cm³/mol. The van der Waals surface area contributed by atoms with Crippen LogP contribution in [0.1, 0.15) is 19.8 Å². The Kier molecular flexibility index (Phi) is 5.85. The predicted octanol–water partition coefficient (Wildman–Crippen LogP) is 2.13. The van der Waals surface area contributed by atoms with Crippen LogP contribution in [0.2, 0.25) is 0 Å². The molecule has 0 rings (SSSR count). The van der Waals surface area contributed by atoms with E-state index in [1.807, 2.05) is 0 Å². The maximum atomic E-state index is 5.54. The summed E-state index contributed by atoms with van der Waals surface area (Å²) in [6, 6.07) is 0.514. The van der Waals surface area contributed by atoms with Crippen LogP contribution in [-0.2, 0) is 0 Å². The topological polar surface area (TPSA) is 12.0 Å². The molecule has 0 saturated heterocycles. The number of rotatable bonds is 5. The molecule has 0 aliphatic heterocycles. The van der Waals surface area contributed by atoms with Crippen LogP contribution >= 0.6 is 11.6 Å². The normalized spacial score (nSPS) is 12.7. The lowest BCUT2D eigenvalue weighted by atomic mass is 10.2. The summed E-state index contributed by atoms with van der Waals surface area (Å²) in [5.74, 6) is 0.722. The number of hydrogen-bond acceptors (Lipinski definition) is 1. The largest absolute Gasteiger partial charge is 0.389 e. The maximum Gasteiger partial charge on any atom is 0.0264 e. The molecule has 9 heavy (non-hydrogen) atoms. The molecule has 1 N–H and O–H groups in total. The van der Waals surface area contributed by atoms with Crippen LogP contribution in [0.4, 0.5) is 0 Å². The molecule has 0 saturated carbocycles. The third-order valence-electron chi connectivity index (χ3n) is 1.30. The molecule has 0 aliphatic carbocycles. The first-order valence-electron chi connectivity index (χ1n) is 3.28. The van der Waals surface area contributed by atoms with Gasteiger partial charge in [-0.15, -0.1) is 11.6 Å². The van der Waals surface area contributed by atoms with E-state index in [1.54, 1.807) is 6.20 Å². The van der Waals surface area contributed by atoms with Crippen molar-refractivity contribution in [3.05, 3.63) is 12.8 Å². The van der Waals surface area contributed by atoms with Gasteiger partial charge >= 0.3 is 0 Å². The second-order valence-electron chi connectivity index (χ2n) is 1.95. The van der Waals surface area contributed by atoms with Gasteiger partial charge in [-0.3, -0.25) is 0 Å². The quantitative estimate of drug-likeness (QED) is 0.588. The first-order valence-corrected chi connectivity index (χ1v) is 3.81. The van der Waals surface area contributed by atoms with Gasteiger partial charge < -0.3 is 5.32 Å². The highest BCUT2D eigenvalue weighted by Gasteiger charge is 1.99. The molecule has 1 atom stereocenters. The lowest BCUT2D eigenvalue weighted by Crippen LogP contribution is -2.23. The molecule has 2 heteroatoms. The Labute approximate surface area is 62.1 Å². The minimum Gasteiger partial charge on any atom is -0.389 e. The smallest absolute Gasteiger partial charge is 0.0264 e. The third kappa shape index (κ3) is 4.34. The monoisotopic (exact) mass is 147 g/mol. The van der Waals surface area contributed by atoms with Gasteiger partial charge in [0.05, 0.1) is 0 Å². The number of nitrogens with one attached hydrogen (secondary N) is 1. The van der Waals surface area contributed by atoms with Gasteiger partial charge in [-0.25, -0.2) is 0 Å². The van der Waals surface area contributed by atoms with Crippen LogP contribution < -0.4 is 5.32 Å². The van der Waals surface area contributed by atoms with Gasteiger partial charge in [-0.2, -0.15) is 0 Å². The van der Waals surface area contributed by atoms with Crippen LogP contribution in [0.25, 0.3) is 0 Å². The average Bonchev–Trinajstić information content (AvgIpc) is 1.88.